The van der Waals surface area contributed by atoms with Gasteiger partial charge >= 0.3 is 19.8 Å². The minimum atomic E-state index is -2.67. The highest BCUT2D eigenvalue weighted by Gasteiger charge is 2.55. The monoisotopic (exact) mass is 555 g/mol. The van der Waals surface area contributed by atoms with Crippen LogP contribution in [0.25, 0.3) is 0 Å². The number of aliphatic hydroxyl groups is 1. The Morgan fingerprint density at radius 3 is 2.71 bits per heavy atom. The molecule has 1 unspecified atom stereocenters. The molecule has 208 valence electrons. The van der Waals surface area contributed by atoms with E-state index in [0.29, 0.717) is 0 Å². The number of carbonyl (C=O) groups excluding carboxylic acids is 1. The lowest BCUT2D eigenvalue weighted by molar-refractivity contribution is -0.169. The fourth-order valence-electron chi connectivity index (χ4n) is 3.72. The summed E-state index contributed by atoms with van der Waals surface area (Å²) in [6, 6.07) is 6.17. The Hall–Kier alpha value is -3.12. The number of nitrogens with zero attached hydrogens (tertiary/aromatic N) is 2. The third-order valence-corrected chi connectivity index (χ3v) is 6.74. The first-order valence-corrected chi connectivity index (χ1v) is 13.3. The van der Waals surface area contributed by atoms with Crippen molar-refractivity contribution in [1.29, 1.82) is 0 Å². The number of ether oxygens (including phenoxy) is 3. The Morgan fingerprint density at radius 2 is 2.03 bits per heavy atom. The van der Waals surface area contributed by atoms with Gasteiger partial charge in [0.15, 0.2) is 23.7 Å². The molecule has 1 aliphatic rings. The third-order valence-electron chi connectivity index (χ3n) is 5.85. The molecule has 1 saturated heterocycles. The van der Waals surface area contributed by atoms with Crippen LogP contribution >= 0.6 is 8.17 Å². The summed E-state index contributed by atoms with van der Waals surface area (Å²) >= 11 is 0. The molecule has 1 aliphatic heterocycles. The molecule has 0 bridgehead atoms. The first-order chi connectivity index (χ1) is 18.0. The van der Waals surface area contributed by atoms with Crippen LogP contribution in [0.1, 0.15) is 46.3 Å². The summed E-state index contributed by atoms with van der Waals surface area (Å²) in [5.41, 5.74) is -3.95. The fourth-order valence-corrected chi connectivity index (χ4v) is 4.46. The van der Waals surface area contributed by atoms with E-state index in [0.717, 1.165) is 43.0 Å². The standard InChI is InChI=1S/C24H31FN3O9P/c1-4-5-8-13-34-21(31)15(2)27-38(33)37-17-10-7-6-9-16(17)35-14-18-20(30)24(3,25)22(36-18)28-12-11-19(29)26-23(28)32/h6-7,9-12,15,18,20,22,30H,4-5,8,13-14H2,1-3H3,(H,26,29,32)/t15-,18+,20+,22+,24+/m0/s1. The lowest BCUT2D eigenvalue weighted by Crippen LogP contribution is -2.43. The van der Waals surface area contributed by atoms with Gasteiger partial charge in [-0.1, -0.05) is 36.6 Å². The summed E-state index contributed by atoms with van der Waals surface area (Å²) in [5.74, 6) is -0.484. The molecule has 0 saturated carbocycles. The summed E-state index contributed by atoms with van der Waals surface area (Å²) in [5, 5.41) is 10.5. The fraction of sp³-hybridized carbons (Fsp3) is 0.542. The molecule has 38 heavy (non-hydrogen) atoms. The molecule has 0 spiro atoms. The number of aromatic nitrogens is 2. The van der Waals surface area contributed by atoms with Gasteiger partial charge in [0.25, 0.3) is 5.56 Å². The number of benzene rings is 1. The van der Waals surface area contributed by atoms with Gasteiger partial charge in [-0.3, -0.25) is 18.9 Å². The summed E-state index contributed by atoms with van der Waals surface area (Å²) in [7, 11) is -2.67. The van der Waals surface area contributed by atoms with Crippen LogP contribution in [-0.4, -0.2) is 57.8 Å². The van der Waals surface area contributed by atoms with Gasteiger partial charge in [0.2, 0.25) is 5.75 Å². The van der Waals surface area contributed by atoms with E-state index in [1.165, 1.54) is 19.1 Å². The van der Waals surface area contributed by atoms with E-state index in [4.69, 9.17) is 18.7 Å². The molecule has 2 N–H and O–H groups in total. The van der Waals surface area contributed by atoms with Crippen LogP contribution in [-0.2, 0) is 14.3 Å². The van der Waals surface area contributed by atoms with Crippen molar-refractivity contribution in [3.05, 3.63) is 57.4 Å². The molecule has 2 heterocycles. The molecule has 2 aromatic rings. The molecule has 0 aliphatic carbocycles. The van der Waals surface area contributed by atoms with Crippen LogP contribution in [0, 0.1) is 0 Å². The predicted octanol–water partition coefficient (Wildman–Crippen LogP) is 1.96. The predicted molar refractivity (Wildman–Crippen MR) is 133 cm³/mol. The minimum Gasteiger partial charge on any atom is -0.575 e. The second kappa shape index (κ2) is 13.1. The SMILES string of the molecule is CCCCCOC(=O)[C@H](C)N=[P+]([O-])Oc1ccccc1OC[C@H]1O[C@@H](n2ccc(=O)[nH]c2=O)[C@](C)(F)[C@@H]1O. The van der Waals surface area contributed by atoms with Gasteiger partial charge in [-0.15, -0.1) is 0 Å². The van der Waals surface area contributed by atoms with E-state index in [-0.39, 0.29) is 24.7 Å². The van der Waals surface area contributed by atoms with Crippen LogP contribution in [0.15, 0.2) is 50.9 Å². The first-order valence-electron chi connectivity index (χ1n) is 12.1. The topological polar surface area (TPSA) is 164 Å². The highest BCUT2D eigenvalue weighted by atomic mass is 31.1. The minimum absolute atomic E-state index is 0.0322. The molecule has 1 aromatic carbocycles. The second-order valence-electron chi connectivity index (χ2n) is 8.89. The van der Waals surface area contributed by atoms with Crippen molar-refractivity contribution in [3.8, 4) is 11.5 Å². The molecular weight excluding hydrogens is 524 g/mol. The van der Waals surface area contributed by atoms with E-state index < -0.39 is 55.5 Å². The molecule has 0 amide bonds. The number of unbranched alkanes of at least 4 members (excludes halogenated alkanes) is 2. The lowest BCUT2D eigenvalue weighted by Gasteiger charge is -2.24. The zero-order chi connectivity index (χ0) is 27.9. The van der Waals surface area contributed by atoms with Gasteiger partial charge < -0.3 is 24.2 Å². The molecule has 12 nitrogen and oxygen atoms in total. The number of alkyl halides is 1. The Labute approximate surface area is 219 Å². The molecule has 1 aromatic heterocycles. The highest BCUT2D eigenvalue weighted by Crippen LogP contribution is 2.41. The number of aliphatic hydroxyl groups excluding tert-OH is 1. The van der Waals surface area contributed by atoms with Gasteiger partial charge in [-0.05, 0) is 32.4 Å². The maximum Gasteiger partial charge on any atom is 0.395 e. The van der Waals surface area contributed by atoms with E-state index in [1.807, 2.05) is 11.9 Å². The molecule has 0 radical (unpaired) electrons. The Kier molecular flexibility index (Phi) is 10.1. The summed E-state index contributed by atoms with van der Waals surface area (Å²) in [4.78, 5) is 49.9. The Balaban J connectivity index is 1.65. The molecule has 3 rings (SSSR count). The largest absolute Gasteiger partial charge is 0.575 e. The van der Waals surface area contributed by atoms with Crippen LogP contribution in [0.3, 0.4) is 0 Å². The van der Waals surface area contributed by atoms with Crippen LogP contribution in [0.5, 0.6) is 11.5 Å². The van der Waals surface area contributed by atoms with Crippen molar-refractivity contribution in [3.63, 3.8) is 0 Å². The number of halogens is 1. The van der Waals surface area contributed by atoms with E-state index >= 15 is 4.39 Å². The van der Waals surface area contributed by atoms with Crippen molar-refractivity contribution in [1.82, 2.24) is 9.55 Å². The van der Waals surface area contributed by atoms with Crippen LogP contribution in [0.2, 0.25) is 0 Å². The van der Waals surface area contributed by atoms with Crippen molar-refractivity contribution in [2.75, 3.05) is 13.2 Å². The zero-order valence-corrected chi connectivity index (χ0v) is 22.1. The number of aromatic amines is 1. The summed E-state index contributed by atoms with van der Waals surface area (Å²) in [6.45, 7) is 4.44. The number of rotatable bonds is 12. The number of H-pyrrole nitrogens is 1. The second-order valence-corrected chi connectivity index (χ2v) is 9.78. The van der Waals surface area contributed by atoms with E-state index in [1.54, 1.807) is 12.1 Å². The molecule has 14 heteroatoms. The van der Waals surface area contributed by atoms with Crippen molar-refractivity contribution in [2.45, 2.75) is 70.2 Å². The number of nitrogens with one attached hydrogen (secondary N) is 1. The number of hydrogen-bond acceptors (Lipinski definition) is 10. The molecule has 6 atom stereocenters. The maximum atomic E-state index is 15.4. The van der Waals surface area contributed by atoms with Crippen molar-refractivity contribution in [2.24, 2.45) is 4.74 Å². The zero-order valence-electron chi connectivity index (χ0n) is 21.2. The summed E-state index contributed by atoms with van der Waals surface area (Å²) < 4.78 is 41.8. The van der Waals surface area contributed by atoms with Gasteiger partial charge in [0.05, 0.1) is 6.61 Å². The molecule has 1 fully saturated rings. The quantitative estimate of drug-likeness (QED) is 0.226. The van der Waals surface area contributed by atoms with E-state index in [2.05, 4.69) is 4.74 Å². The highest BCUT2D eigenvalue weighted by molar-refractivity contribution is 7.34. The Morgan fingerprint density at radius 1 is 1.32 bits per heavy atom. The number of hydrogen-bond donors (Lipinski definition) is 2. The number of para-hydroxylation sites is 2. The smallest absolute Gasteiger partial charge is 0.395 e. The van der Waals surface area contributed by atoms with Gasteiger partial charge in [0, 0.05) is 12.3 Å². The van der Waals surface area contributed by atoms with Crippen LogP contribution < -0.4 is 25.4 Å². The maximum absolute atomic E-state index is 15.4. The van der Waals surface area contributed by atoms with Gasteiger partial charge in [0.1, 0.15) is 18.8 Å². The summed E-state index contributed by atoms with van der Waals surface area (Å²) in [6.07, 6.45) is -0.715. The lowest BCUT2D eigenvalue weighted by atomic mass is 9.98. The van der Waals surface area contributed by atoms with Crippen molar-refractivity contribution < 1.29 is 37.9 Å². The van der Waals surface area contributed by atoms with Crippen LogP contribution in [0.4, 0.5) is 4.39 Å². The van der Waals surface area contributed by atoms with Gasteiger partial charge in [-0.25, -0.2) is 14.0 Å². The third kappa shape index (κ3) is 7.25. The molecular formula is C24H31FN3O9P. The Bertz CT molecular complexity index is 1250. The van der Waals surface area contributed by atoms with E-state index in [9.17, 15) is 24.4 Å². The first kappa shape index (κ1) is 29.4. The average molecular weight is 555 g/mol. The number of carbonyl (C=O) groups is 1. The average Bonchev–Trinajstić information content (AvgIpc) is 3.09. The van der Waals surface area contributed by atoms with Crippen molar-refractivity contribution >= 4 is 14.1 Å². The number of esters is 1. The normalized spacial score (nSPS) is 24.2. The van der Waals surface area contributed by atoms with Gasteiger partial charge in [-0.2, -0.15) is 0 Å².